The smallest absolute Gasteiger partial charge is 0.320 e. The highest BCUT2D eigenvalue weighted by molar-refractivity contribution is 5.73. The molecule has 0 spiro atoms. The van der Waals surface area contributed by atoms with E-state index in [4.69, 9.17) is 9.84 Å². The third kappa shape index (κ3) is 4.79. The van der Waals surface area contributed by atoms with Gasteiger partial charge in [0, 0.05) is 18.2 Å². The molecule has 0 aromatic heterocycles. The summed E-state index contributed by atoms with van der Waals surface area (Å²) in [5.41, 5.74) is 0.649. The van der Waals surface area contributed by atoms with Crippen LogP contribution in [-0.2, 0) is 11.3 Å². The Morgan fingerprint density at radius 2 is 2.11 bits per heavy atom. The lowest BCUT2D eigenvalue weighted by Crippen LogP contribution is -2.37. The molecule has 3 N–H and O–H groups in total. The van der Waals surface area contributed by atoms with E-state index >= 15 is 0 Å². The lowest BCUT2D eigenvalue weighted by Gasteiger charge is -2.17. The number of hydrogen-bond donors (Lipinski definition) is 3. The Balaban J connectivity index is 2.66. The van der Waals surface area contributed by atoms with E-state index < -0.39 is 12.0 Å². The fourth-order valence-electron chi connectivity index (χ4n) is 1.80. The Hall–Kier alpha value is -1.75. The van der Waals surface area contributed by atoms with E-state index in [0.29, 0.717) is 24.3 Å². The maximum absolute atomic E-state index is 11.1. The van der Waals surface area contributed by atoms with Gasteiger partial charge in [-0.2, -0.15) is 0 Å². The van der Waals surface area contributed by atoms with Crippen molar-refractivity contribution in [2.45, 2.75) is 32.9 Å². The van der Waals surface area contributed by atoms with Crippen molar-refractivity contribution in [1.29, 1.82) is 0 Å². The Bertz CT molecular complexity index is 431. The molecule has 5 heteroatoms. The molecule has 0 heterocycles. The number of rotatable bonds is 7. The van der Waals surface area contributed by atoms with Crippen LogP contribution in [0.15, 0.2) is 18.2 Å². The summed E-state index contributed by atoms with van der Waals surface area (Å²) in [6.07, 6.45) is 0.548. The lowest BCUT2D eigenvalue weighted by molar-refractivity contribution is -0.140. The van der Waals surface area contributed by atoms with Crippen LogP contribution < -0.4 is 10.1 Å². The molecule has 19 heavy (non-hydrogen) atoms. The van der Waals surface area contributed by atoms with Crippen molar-refractivity contribution in [1.82, 2.24) is 5.32 Å². The number of benzene rings is 1. The molecule has 0 saturated heterocycles. The number of hydrogen-bond acceptors (Lipinski definition) is 4. The zero-order valence-corrected chi connectivity index (χ0v) is 11.5. The molecule has 0 bridgehead atoms. The monoisotopic (exact) mass is 267 g/mol. The fourth-order valence-corrected chi connectivity index (χ4v) is 1.80. The summed E-state index contributed by atoms with van der Waals surface area (Å²) >= 11 is 0. The molecule has 1 aromatic rings. The van der Waals surface area contributed by atoms with E-state index in [-0.39, 0.29) is 11.7 Å². The summed E-state index contributed by atoms with van der Waals surface area (Å²) in [5.74, 6) is 0.0820. The highest BCUT2D eigenvalue weighted by atomic mass is 16.5. The van der Waals surface area contributed by atoms with Crippen molar-refractivity contribution in [3.63, 3.8) is 0 Å². The zero-order chi connectivity index (χ0) is 14.4. The molecular formula is C14H21NO4. The highest BCUT2D eigenvalue weighted by Gasteiger charge is 2.18. The summed E-state index contributed by atoms with van der Waals surface area (Å²) in [6, 6.07) is 4.35. The van der Waals surface area contributed by atoms with Crippen LogP contribution in [0.2, 0.25) is 0 Å². The van der Waals surface area contributed by atoms with Crippen molar-refractivity contribution in [2.24, 2.45) is 5.92 Å². The minimum Gasteiger partial charge on any atom is -0.507 e. The topological polar surface area (TPSA) is 78.8 Å². The van der Waals surface area contributed by atoms with Gasteiger partial charge in [0.05, 0.1) is 7.11 Å². The van der Waals surface area contributed by atoms with E-state index in [1.807, 2.05) is 13.8 Å². The minimum atomic E-state index is -0.873. The quantitative estimate of drug-likeness (QED) is 0.704. The van der Waals surface area contributed by atoms with Gasteiger partial charge < -0.3 is 20.3 Å². The average molecular weight is 267 g/mol. The van der Waals surface area contributed by atoms with Gasteiger partial charge >= 0.3 is 5.97 Å². The molecule has 0 saturated carbocycles. The Morgan fingerprint density at radius 1 is 1.42 bits per heavy atom. The van der Waals surface area contributed by atoms with Gasteiger partial charge in [-0.05, 0) is 18.4 Å². The van der Waals surface area contributed by atoms with Gasteiger partial charge in [-0.1, -0.05) is 19.9 Å². The largest absolute Gasteiger partial charge is 0.507 e. The van der Waals surface area contributed by atoms with Gasteiger partial charge in [0.25, 0.3) is 0 Å². The van der Waals surface area contributed by atoms with Crippen molar-refractivity contribution >= 4 is 5.97 Å². The summed E-state index contributed by atoms with van der Waals surface area (Å²) in [7, 11) is 1.52. The molecule has 0 radical (unpaired) electrons. The number of carboxylic acid groups (broad SMARTS) is 1. The average Bonchev–Trinajstić information content (AvgIpc) is 2.34. The summed E-state index contributed by atoms with van der Waals surface area (Å²) < 4.78 is 4.99. The summed E-state index contributed by atoms with van der Waals surface area (Å²) in [5, 5.41) is 21.8. The molecule has 1 aromatic carbocycles. The van der Waals surface area contributed by atoms with Gasteiger partial charge in [0.1, 0.15) is 17.5 Å². The first-order valence-electron chi connectivity index (χ1n) is 6.26. The number of aliphatic carboxylic acids is 1. The van der Waals surface area contributed by atoms with E-state index in [9.17, 15) is 9.90 Å². The number of aromatic hydroxyl groups is 1. The third-order valence-electron chi connectivity index (χ3n) is 2.84. The lowest BCUT2D eigenvalue weighted by atomic mass is 10.0. The number of methoxy groups -OCH3 is 1. The SMILES string of the molecule is COc1ccc(CNC(CC(C)C)C(=O)O)c(O)c1. The van der Waals surface area contributed by atoms with Gasteiger partial charge in [0.2, 0.25) is 0 Å². The van der Waals surface area contributed by atoms with Gasteiger partial charge in [0.15, 0.2) is 0 Å². The fraction of sp³-hybridized carbons (Fsp3) is 0.500. The van der Waals surface area contributed by atoms with Crippen LogP contribution in [0.25, 0.3) is 0 Å². The van der Waals surface area contributed by atoms with Crippen LogP contribution in [0.4, 0.5) is 0 Å². The van der Waals surface area contributed by atoms with Crippen LogP contribution >= 0.6 is 0 Å². The highest BCUT2D eigenvalue weighted by Crippen LogP contribution is 2.23. The maximum Gasteiger partial charge on any atom is 0.320 e. The molecule has 0 aliphatic carbocycles. The second-order valence-corrected chi connectivity index (χ2v) is 4.90. The van der Waals surface area contributed by atoms with E-state index in [1.165, 1.54) is 13.2 Å². The predicted octanol–water partition coefficient (Wildman–Crippen LogP) is 1.99. The van der Waals surface area contributed by atoms with Gasteiger partial charge in [-0.3, -0.25) is 4.79 Å². The van der Waals surface area contributed by atoms with Crippen molar-refractivity contribution in [2.75, 3.05) is 7.11 Å². The molecule has 0 aliphatic rings. The van der Waals surface area contributed by atoms with E-state index in [1.54, 1.807) is 12.1 Å². The maximum atomic E-state index is 11.1. The van der Waals surface area contributed by atoms with Crippen LogP contribution in [-0.4, -0.2) is 29.3 Å². The van der Waals surface area contributed by atoms with Crippen LogP contribution in [0.5, 0.6) is 11.5 Å². The minimum absolute atomic E-state index is 0.0977. The predicted molar refractivity (Wildman–Crippen MR) is 72.4 cm³/mol. The van der Waals surface area contributed by atoms with Gasteiger partial charge in [-0.25, -0.2) is 0 Å². The first kappa shape index (κ1) is 15.3. The summed E-state index contributed by atoms with van der Waals surface area (Å²) in [6.45, 7) is 4.25. The molecule has 1 atom stereocenters. The molecule has 0 aliphatic heterocycles. The summed E-state index contributed by atoms with van der Waals surface area (Å²) in [4.78, 5) is 11.1. The molecule has 106 valence electrons. The van der Waals surface area contributed by atoms with E-state index in [2.05, 4.69) is 5.32 Å². The standard InChI is InChI=1S/C14H21NO4/c1-9(2)6-12(14(17)18)15-8-10-4-5-11(19-3)7-13(10)16/h4-5,7,9,12,15-16H,6,8H2,1-3H3,(H,17,18). The molecule has 1 rings (SSSR count). The Morgan fingerprint density at radius 3 is 2.58 bits per heavy atom. The number of carboxylic acids is 1. The van der Waals surface area contributed by atoms with Crippen LogP contribution in [0.3, 0.4) is 0 Å². The molecule has 0 amide bonds. The van der Waals surface area contributed by atoms with Crippen LogP contribution in [0.1, 0.15) is 25.8 Å². The van der Waals surface area contributed by atoms with Crippen molar-refractivity contribution < 1.29 is 19.7 Å². The first-order valence-corrected chi connectivity index (χ1v) is 6.26. The normalized spacial score (nSPS) is 12.4. The second kappa shape index (κ2) is 6.99. The Kier molecular flexibility index (Phi) is 5.63. The number of phenolic OH excluding ortho intramolecular Hbond substituents is 1. The number of phenols is 1. The van der Waals surface area contributed by atoms with Crippen LogP contribution in [0, 0.1) is 5.92 Å². The van der Waals surface area contributed by atoms with Crippen molar-refractivity contribution in [3.8, 4) is 11.5 Å². The third-order valence-corrected chi connectivity index (χ3v) is 2.84. The molecule has 5 nitrogen and oxygen atoms in total. The molecule has 1 unspecified atom stereocenters. The molecule has 0 fully saturated rings. The molecular weight excluding hydrogens is 246 g/mol. The number of nitrogens with one attached hydrogen (secondary N) is 1. The first-order chi connectivity index (χ1) is 8.93. The second-order valence-electron chi connectivity index (χ2n) is 4.90. The van der Waals surface area contributed by atoms with Gasteiger partial charge in [-0.15, -0.1) is 0 Å². The van der Waals surface area contributed by atoms with Crippen molar-refractivity contribution in [3.05, 3.63) is 23.8 Å². The van der Waals surface area contributed by atoms with E-state index in [0.717, 1.165) is 0 Å². The number of ether oxygens (including phenoxy) is 1. The zero-order valence-electron chi connectivity index (χ0n) is 11.5. The Labute approximate surface area is 113 Å². The number of carbonyl (C=O) groups is 1.